The van der Waals surface area contributed by atoms with Gasteiger partial charge in [-0.3, -0.25) is 14.3 Å². The smallest absolute Gasteiger partial charge is 0.193 e. The van der Waals surface area contributed by atoms with Gasteiger partial charge >= 0.3 is 0 Å². The molecule has 6 nitrogen and oxygen atoms in total. The lowest BCUT2D eigenvalue weighted by Crippen LogP contribution is -2.11. The molecule has 1 atom stereocenters. The summed E-state index contributed by atoms with van der Waals surface area (Å²) in [5, 5.41) is 9.33. The molecule has 0 fully saturated rings. The first-order chi connectivity index (χ1) is 16.3. The minimum Gasteiger partial charge on any atom is -0.455 e. The Kier molecular flexibility index (Phi) is 5.57. The number of anilines is 1. The molecule has 5 aromatic rings. The molecule has 1 N–H and O–H groups in total. The third-order valence-electron chi connectivity index (χ3n) is 5.89. The maximum absolute atomic E-state index is 13.2. The maximum atomic E-state index is 13.2. The van der Waals surface area contributed by atoms with Crippen LogP contribution in [-0.4, -0.2) is 16.1 Å². The van der Waals surface area contributed by atoms with Gasteiger partial charge in [0.25, 0.3) is 0 Å². The lowest BCUT2D eigenvalue weighted by molar-refractivity contribution is 0.112. The predicted octanol–water partition coefficient (Wildman–Crippen LogP) is 6.40. The monoisotopic (exact) mass is 515 g/mol. The number of para-hydroxylation sites is 1. The summed E-state index contributed by atoms with van der Waals surface area (Å²) >= 11 is 3.59. The van der Waals surface area contributed by atoms with Crippen molar-refractivity contribution < 1.29 is 9.21 Å². The van der Waals surface area contributed by atoms with E-state index in [1.165, 1.54) is 6.07 Å². The second-order valence-corrected chi connectivity index (χ2v) is 9.33. The van der Waals surface area contributed by atoms with E-state index in [0.29, 0.717) is 22.3 Å². The number of nitrogens with one attached hydrogen (secondary N) is 1. The quantitative estimate of drug-likeness (QED) is 0.274. The molecule has 34 heavy (non-hydrogen) atoms. The molecule has 0 aliphatic rings. The van der Waals surface area contributed by atoms with Crippen molar-refractivity contribution in [3.8, 4) is 11.3 Å². The Labute approximate surface area is 204 Å². The largest absolute Gasteiger partial charge is 0.455 e. The first-order valence-electron chi connectivity index (χ1n) is 10.9. The van der Waals surface area contributed by atoms with E-state index in [9.17, 15) is 9.59 Å². The fraction of sp³-hybridized carbons (Fsp3) is 0.148. The summed E-state index contributed by atoms with van der Waals surface area (Å²) in [7, 11) is 1.87. The fourth-order valence-electron chi connectivity index (χ4n) is 4.29. The van der Waals surface area contributed by atoms with Crippen LogP contribution in [0.25, 0.3) is 33.2 Å². The Morgan fingerprint density at radius 3 is 2.74 bits per heavy atom. The van der Waals surface area contributed by atoms with Gasteiger partial charge in [0.15, 0.2) is 11.7 Å². The van der Waals surface area contributed by atoms with Gasteiger partial charge in [-0.15, -0.1) is 0 Å². The molecule has 2 aromatic heterocycles. The predicted molar refractivity (Wildman–Crippen MR) is 138 cm³/mol. The third-order valence-corrected chi connectivity index (χ3v) is 6.49. The minimum atomic E-state index is -0.213. The van der Waals surface area contributed by atoms with Crippen LogP contribution in [0.5, 0.6) is 0 Å². The first kappa shape index (κ1) is 22.1. The number of aldehydes is 1. The van der Waals surface area contributed by atoms with Crippen LogP contribution in [0, 0.1) is 6.92 Å². The molecule has 0 aliphatic carbocycles. The molecule has 0 amide bonds. The lowest BCUT2D eigenvalue weighted by Gasteiger charge is -2.19. The molecule has 1 unspecified atom stereocenters. The van der Waals surface area contributed by atoms with E-state index in [2.05, 4.69) is 26.3 Å². The molecule has 0 spiro atoms. The molecule has 7 heteroatoms. The molecule has 0 bridgehead atoms. The highest BCUT2D eigenvalue weighted by Crippen LogP contribution is 2.34. The van der Waals surface area contributed by atoms with Crippen LogP contribution in [0.15, 0.2) is 74.5 Å². The molecule has 5 rings (SSSR count). The minimum absolute atomic E-state index is 0.107. The highest BCUT2D eigenvalue weighted by Gasteiger charge is 2.18. The van der Waals surface area contributed by atoms with Crippen molar-refractivity contribution in [1.29, 1.82) is 0 Å². The number of aromatic nitrogens is 2. The number of benzene rings is 3. The maximum Gasteiger partial charge on any atom is 0.193 e. The van der Waals surface area contributed by atoms with Crippen molar-refractivity contribution in [2.75, 3.05) is 5.32 Å². The van der Waals surface area contributed by atoms with Gasteiger partial charge in [0.2, 0.25) is 0 Å². The van der Waals surface area contributed by atoms with E-state index >= 15 is 0 Å². The number of nitrogens with zero attached hydrogens (tertiary/aromatic N) is 2. The first-order valence-corrected chi connectivity index (χ1v) is 11.7. The Hall–Kier alpha value is -3.71. The van der Waals surface area contributed by atoms with Gasteiger partial charge in [-0.2, -0.15) is 5.10 Å². The number of hydrogen-bond acceptors (Lipinski definition) is 5. The Morgan fingerprint density at radius 2 is 1.94 bits per heavy atom. The number of carbonyl (C=O) groups excluding carboxylic acids is 1. The average Bonchev–Trinajstić information content (AvgIpc) is 3.20. The summed E-state index contributed by atoms with van der Waals surface area (Å²) in [5.74, 6) is 0.481. The summed E-state index contributed by atoms with van der Waals surface area (Å²) in [4.78, 5) is 24.6. The van der Waals surface area contributed by atoms with E-state index < -0.39 is 0 Å². The third kappa shape index (κ3) is 3.92. The molecular weight excluding hydrogens is 494 g/mol. The lowest BCUT2D eigenvalue weighted by atomic mass is 10.00. The average molecular weight is 516 g/mol. The Morgan fingerprint density at radius 1 is 1.15 bits per heavy atom. The Bertz CT molecular complexity index is 1630. The van der Waals surface area contributed by atoms with Crippen LogP contribution in [-0.2, 0) is 7.05 Å². The van der Waals surface area contributed by atoms with Crippen molar-refractivity contribution >= 4 is 49.8 Å². The fourth-order valence-corrected chi connectivity index (χ4v) is 4.85. The Balaban J connectivity index is 1.66. The molecule has 0 saturated carbocycles. The van der Waals surface area contributed by atoms with Crippen molar-refractivity contribution in [2.45, 2.75) is 19.9 Å². The van der Waals surface area contributed by atoms with Gasteiger partial charge in [0.05, 0.1) is 11.4 Å². The van der Waals surface area contributed by atoms with E-state index in [4.69, 9.17) is 4.42 Å². The summed E-state index contributed by atoms with van der Waals surface area (Å²) in [5.41, 5.74) is 5.15. The van der Waals surface area contributed by atoms with Crippen LogP contribution >= 0.6 is 15.9 Å². The van der Waals surface area contributed by atoms with E-state index in [1.807, 2.05) is 69.6 Å². The zero-order valence-electron chi connectivity index (χ0n) is 18.9. The summed E-state index contributed by atoms with van der Waals surface area (Å²) in [6, 6.07) is 16.4. The number of rotatable bonds is 5. The number of aryl methyl sites for hydroxylation is 2. The van der Waals surface area contributed by atoms with Crippen molar-refractivity contribution in [2.24, 2.45) is 7.05 Å². The van der Waals surface area contributed by atoms with Crippen molar-refractivity contribution in [1.82, 2.24) is 9.78 Å². The molecule has 3 aromatic carbocycles. The van der Waals surface area contributed by atoms with Crippen molar-refractivity contribution in [3.63, 3.8) is 0 Å². The van der Waals surface area contributed by atoms with Gasteiger partial charge in [-0.25, -0.2) is 0 Å². The highest BCUT2D eigenvalue weighted by atomic mass is 79.9. The van der Waals surface area contributed by atoms with Crippen LogP contribution in [0.3, 0.4) is 0 Å². The van der Waals surface area contributed by atoms with Crippen LogP contribution < -0.4 is 10.7 Å². The molecule has 2 heterocycles. The summed E-state index contributed by atoms with van der Waals surface area (Å²) in [6.45, 7) is 3.94. The van der Waals surface area contributed by atoms with E-state index in [1.54, 1.807) is 10.7 Å². The second kappa shape index (κ2) is 8.57. The molecular formula is C27H22BrN3O3. The normalized spacial score (nSPS) is 12.2. The number of fused-ring (bicyclic) bond motifs is 2. The van der Waals surface area contributed by atoms with Crippen LogP contribution in [0.4, 0.5) is 5.69 Å². The van der Waals surface area contributed by atoms with Gasteiger partial charge in [0.1, 0.15) is 16.9 Å². The summed E-state index contributed by atoms with van der Waals surface area (Å²) in [6.07, 6.45) is 2.75. The van der Waals surface area contributed by atoms with E-state index in [0.717, 1.165) is 44.0 Å². The van der Waals surface area contributed by atoms with Gasteiger partial charge in [-0.1, -0.05) is 18.2 Å². The summed E-state index contributed by atoms with van der Waals surface area (Å²) < 4.78 is 8.96. The van der Waals surface area contributed by atoms with Crippen LogP contribution in [0.1, 0.15) is 34.5 Å². The van der Waals surface area contributed by atoms with E-state index in [-0.39, 0.29) is 11.5 Å². The molecule has 0 aliphatic heterocycles. The van der Waals surface area contributed by atoms with Gasteiger partial charge in [-0.05, 0) is 65.7 Å². The number of carbonyl (C=O) groups is 1. The molecule has 0 saturated heterocycles. The standard InChI is InChI=1S/C27H22BrN3O3/c1-15-8-20(16(2)29-23-7-5-4-6-17(23)14-32)27-21(9-15)24(33)12-25(34-27)18-10-19-13-31(3)30-26(19)22(28)11-18/h4-14,16,29H,1-3H3. The number of hydrogen-bond donors (Lipinski definition) is 1. The molecule has 170 valence electrons. The zero-order valence-corrected chi connectivity index (χ0v) is 20.5. The van der Waals surface area contributed by atoms with Gasteiger partial charge < -0.3 is 9.73 Å². The van der Waals surface area contributed by atoms with Crippen molar-refractivity contribution in [3.05, 3.63) is 92.2 Å². The molecule has 0 radical (unpaired) electrons. The zero-order chi connectivity index (χ0) is 24.0. The van der Waals surface area contributed by atoms with Gasteiger partial charge in [0, 0.05) is 51.5 Å². The topological polar surface area (TPSA) is 77.1 Å². The number of halogens is 1. The highest BCUT2D eigenvalue weighted by molar-refractivity contribution is 9.10. The van der Waals surface area contributed by atoms with Crippen LogP contribution in [0.2, 0.25) is 0 Å². The second-order valence-electron chi connectivity index (χ2n) is 8.48. The SMILES string of the molecule is Cc1cc(C(C)Nc2ccccc2C=O)c2oc(-c3cc(Br)c4nn(C)cc4c3)cc(=O)c2c1.